The highest BCUT2D eigenvalue weighted by Gasteiger charge is 2.50. The Labute approximate surface area is 164 Å². The Balaban J connectivity index is 1.39. The lowest BCUT2D eigenvalue weighted by Crippen LogP contribution is -2.35. The maximum atomic E-state index is 12.4. The minimum Gasteiger partial charge on any atom is -0.438 e. The molecule has 0 saturated carbocycles. The van der Waals surface area contributed by atoms with Crippen molar-refractivity contribution >= 4 is 21.3 Å². The quantitative estimate of drug-likeness (QED) is 0.671. The van der Waals surface area contributed by atoms with Crippen LogP contribution in [0.4, 0.5) is 0 Å². The van der Waals surface area contributed by atoms with Gasteiger partial charge in [-0.2, -0.15) is 9.29 Å². The summed E-state index contributed by atoms with van der Waals surface area (Å²) in [4.78, 5) is 11.0. The van der Waals surface area contributed by atoms with E-state index in [9.17, 15) is 8.42 Å². The Bertz CT molecular complexity index is 1070. The lowest BCUT2D eigenvalue weighted by molar-refractivity contribution is 0.243. The lowest BCUT2D eigenvalue weighted by Gasteiger charge is -2.27. The van der Waals surface area contributed by atoms with Crippen LogP contribution in [0.1, 0.15) is 17.5 Å². The Morgan fingerprint density at radius 1 is 1.11 bits per heavy atom. The van der Waals surface area contributed by atoms with Crippen molar-refractivity contribution in [1.82, 2.24) is 19.2 Å². The van der Waals surface area contributed by atoms with Gasteiger partial charge in [0.25, 0.3) is 0 Å². The first-order chi connectivity index (χ1) is 13.5. The van der Waals surface area contributed by atoms with Crippen molar-refractivity contribution in [3.8, 4) is 0 Å². The van der Waals surface area contributed by atoms with E-state index in [-0.39, 0.29) is 12.0 Å². The van der Waals surface area contributed by atoms with E-state index < -0.39 is 10.0 Å². The van der Waals surface area contributed by atoms with Crippen LogP contribution in [-0.2, 0) is 16.6 Å². The van der Waals surface area contributed by atoms with Gasteiger partial charge in [-0.15, -0.1) is 0 Å². The van der Waals surface area contributed by atoms with E-state index in [0.29, 0.717) is 36.1 Å². The fraction of sp³-hybridized carbons (Fsp3) is 0.400. The standard InChI is InChI=1S/C20H22N4O3S/c1-28(25,26)24-11-15-10-23(12-16(15)19(24)14-6-3-2-4-7-14)13-18-22-20-17(27-18)8-5-9-21-20/h2-9,15-16,19H,10-13H2,1H3/t15-,16-,19+/m1/s1. The van der Waals surface area contributed by atoms with Gasteiger partial charge in [-0.05, 0) is 29.5 Å². The second-order valence-electron chi connectivity index (χ2n) is 7.74. The normalized spacial score (nSPS) is 26.1. The van der Waals surface area contributed by atoms with Crippen LogP contribution in [-0.4, -0.2) is 53.5 Å². The molecule has 28 heavy (non-hydrogen) atoms. The third kappa shape index (κ3) is 3.11. The number of hydrogen-bond donors (Lipinski definition) is 0. The van der Waals surface area contributed by atoms with Crippen molar-refractivity contribution in [2.45, 2.75) is 12.6 Å². The lowest BCUT2D eigenvalue weighted by atomic mass is 9.90. The van der Waals surface area contributed by atoms with Gasteiger partial charge in [-0.3, -0.25) is 4.90 Å². The van der Waals surface area contributed by atoms with E-state index in [1.54, 1.807) is 10.5 Å². The first kappa shape index (κ1) is 17.8. The molecule has 3 aromatic rings. The van der Waals surface area contributed by atoms with Gasteiger partial charge in [0.15, 0.2) is 11.2 Å². The minimum atomic E-state index is -3.26. The van der Waals surface area contributed by atoms with Crippen molar-refractivity contribution in [3.63, 3.8) is 0 Å². The number of aromatic nitrogens is 2. The average Bonchev–Trinajstić information content (AvgIpc) is 3.33. The van der Waals surface area contributed by atoms with Gasteiger partial charge < -0.3 is 4.42 Å². The smallest absolute Gasteiger partial charge is 0.211 e. The summed E-state index contributed by atoms with van der Waals surface area (Å²) in [5.41, 5.74) is 2.39. The molecule has 2 saturated heterocycles. The number of fused-ring (bicyclic) bond motifs is 2. The van der Waals surface area contributed by atoms with Crippen LogP contribution < -0.4 is 0 Å². The molecule has 0 amide bonds. The van der Waals surface area contributed by atoms with E-state index >= 15 is 0 Å². The maximum Gasteiger partial charge on any atom is 0.211 e. The summed E-state index contributed by atoms with van der Waals surface area (Å²) in [5.74, 6) is 1.23. The molecule has 2 aliphatic rings. The fourth-order valence-electron chi connectivity index (χ4n) is 4.70. The van der Waals surface area contributed by atoms with E-state index in [1.807, 2.05) is 42.5 Å². The molecule has 3 atom stereocenters. The van der Waals surface area contributed by atoms with Crippen molar-refractivity contribution in [2.24, 2.45) is 11.8 Å². The number of nitrogens with zero attached hydrogens (tertiary/aromatic N) is 4. The fourth-order valence-corrected chi connectivity index (χ4v) is 5.86. The van der Waals surface area contributed by atoms with Crippen LogP contribution in [0.3, 0.4) is 0 Å². The summed E-state index contributed by atoms with van der Waals surface area (Å²) in [7, 11) is -3.26. The highest BCUT2D eigenvalue weighted by atomic mass is 32.2. The highest BCUT2D eigenvalue weighted by molar-refractivity contribution is 7.88. The van der Waals surface area contributed by atoms with Crippen LogP contribution in [0, 0.1) is 11.8 Å². The molecule has 0 radical (unpaired) electrons. The largest absolute Gasteiger partial charge is 0.438 e. The summed E-state index contributed by atoms with van der Waals surface area (Å²) in [5, 5.41) is 0. The van der Waals surface area contributed by atoms with Gasteiger partial charge >= 0.3 is 0 Å². The zero-order valence-corrected chi connectivity index (χ0v) is 16.4. The summed E-state index contributed by atoms with van der Waals surface area (Å²) in [6, 6.07) is 13.6. The second-order valence-corrected chi connectivity index (χ2v) is 9.67. The number of oxazole rings is 1. The highest BCUT2D eigenvalue weighted by Crippen LogP contribution is 2.46. The Hall–Kier alpha value is -2.29. The Morgan fingerprint density at radius 3 is 2.68 bits per heavy atom. The average molecular weight is 398 g/mol. The van der Waals surface area contributed by atoms with Gasteiger partial charge in [0.05, 0.1) is 18.8 Å². The van der Waals surface area contributed by atoms with Gasteiger partial charge in [0, 0.05) is 25.8 Å². The number of benzene rings is 1. The van der Waals surface area contributed by atoms with Gasteiger partial charge in [0.2, 0.25) is 15.9 Å². The van der Waals surface area contributed by atoms with E-state index in [4.69, 9.17) is 4.42 Å². The molecule has 0 aliphatic carbocycles. The zero-order chi connectivity index (χ0) is 19.3. The molecule has 4 heterocycles. The molecule has 2 aromatic heterocycles. The molecule has 5 rings (SSSR count). The van der Waals surface area contributed by atoms with E-state index in [0.717, 1.165) is 18.7 Å². The SMILES string of the molecule is CS(=O)(=O)N1C[C@H]2CN(Cc3nc4ncccc4o3)C[C@H]2[C@@H]1c1ccccc1. The Kier molecular flexibility index (Phi) is 4.22. The maximum absolute atomic E-state index is 12.4. The molecule has 146 valence electrons. The first-order valence-corrected chi connectivity index (χ1v) is 11.3. The summed E-state index contributed by atoms with van der Waals surface area (Å²) in [6.45, 7) is 2.84. The third-order valence-electron chi connectivity index (χ3n) is 5.83. The molecule has 0 N–H and O–H groups in total. The summed E-state index contributed by atoms with van der Waals surface area (Å²) >= 11 is 0. The molecule has 8 heteroatoms. The monoisotopic (exact) mass is 398 g/mol. The topological polar surface area (TPSA) is 79.5 Å². The van der Waals surface area contributed by atoms with Crippen LogP contribution in [0.25, 0.3) is 11.2 Å². The second kappa shape index (κ2) is 6.65. The number of likely N-dealkylation sites (tertiary alicyclic amines) is 1. The Morgan fingerprint density at radius 2 is 1.93 bits per heavy atom. The number of pyridine rings is 1. The van der Waals surface area contributed by atoms with Gasteiger partial charge in [-0.1, -0.05) is 30.3 Å². The molecular formula is C20H22N4O3S. The molecule has 0 spiro atoms. The molecule has 0 bridgehead atoms. The van der Waals surface area contributed by atoms with Crippen molar-refractivity contribution in [1.29, 1.82) is 0 Å². The van der Waals surface area contributed by atoms with Crippen molar-refractivity contribution < 1.29 is 12.8 Å². The summed E-state index contributed by atoms with van der Waals surface area (Å²) in [6.07, 6.45) is 3.02. The molecular weight excluding hydrogens is 376 g/mol. The predicted octanol–water partition coefficient (Wildman–Crippen LogP) is 2.29. The molecule has 1 aromatic carbocycles. The number of rotatable bonds is 4. The van der Waals surface area contributed by atoms with E-state index in [1.165, 1.54) is 6.26 Å². The molecule has 2 aliphatic heterocycles. The van der Waals surface area contributed by atoms with Gasteiger partial charge in [0.1, 0.15) is 0 Å². The summed E-state index contributed by atoms with van der Waals surface area (Å²) < 4.78 is 32.3. The molecule has 7 nitrogen and oxygen atoms in total. The van der Waals surface area contributed by atoms with Gasteiger partial charge in [-0.25, -0.2) is 13.4 Å². The molecule has 2 fully saturated rings. The van der Waals surface area contributed by atoms with Crippen LogP contribution in [0.15, 0.2) is 53.1 Å². The van der Waals surface area contributed by atoms with E-state index in [2.05, 4.69) is 14.9 Å². The number of sulfonamides is 1. The zero-order valence-electron chi connectivity index (χ0n) is 15.6. The minimum absolute atomic E-state index is 0.114. The first-order valence-electron chi connectivity index (χ1n) is 9.43. The van der Waals surface area contributed by atoms with Crippen LogP contribution in [0.5, 0.6) is 0 Å². The van der Waals surface area contributed by atoms with Crippen molar-refractivity contribution in [2.75, 3.05) is 25.9 Å². The van der Waals surface area contributed by atoms with Crippen molar-refractivity contribution in [3.05, 3.63) is 60.1 Å². The third-order valence-corrected chi connectivity index (χ3v) is 7.06. The van der Waals surface area contributed by atoms with Crippen LogP contribution in [0.2, 0.25) is 0 Å². The van der Waals surface area contributed by atoms with Crippen LogP contribution >= 0.6 is 0 Å². The predicted molar refractivity (Wildman–Crippen MR) is 105 cm³/mol. The molecule has 0 unspecified atom stereocenters. The number of hydrogen-bond acceptors (Lipinski definition) is 6.